The molecule has 4 nitrogen and oxygen atoms in total. The maximum absolute atomic E-state index is 13.9. The van der Waals surface area contributed by atoms with Gasteiger partial charge in [-0.15, -0.1) is 0 Å². The molecule has 0 spiro atoms. The van der Waals surface area contributed by atoms with Crippen molar-refractivity contribution in [1.29, 1.82) is 0 Å². The average Bonchev–Trinajstić information content (AvgIpc) is 2.30. The molecule has 1 saturated heterocycles. The second-order valence-corrected chi connectivity index (χ2v) is 5.58. The lowest BCUT2D eigenvalue weighted by atomic mass is 9.84. The fourth-order valence-electron chi connectivity index (χ4n) is 2.43. The topological polar surface area (TPSA) is 41.1 Å². The molecule has 0 radical (unpaired) electrons. The normalized spacial score (nSPS) is 18.8. The zero-order chi connectivity index (χ0) is 13.2. The van der Waals surface area contributed by atoms with Crippen LogP contribution in [0.15, 0.2) is 6.20 Å². The molecule has 1 fully saturated rings. The molecule has 0 atom stereocenters. The van der Waals surface area contributed by atoms with Crippen molar-refractivity contribution in [2.24, 2.45) is 5.41 Å². The summed E-state index contributed by atoms with van der Waals surface area (Å²) in [5, 5.41) is 3.02. The van der Waals surface area contributed by atoms with E-state index in [0.717, 1.165) is 26.1 Å². The summed E-state index contributed by atoms with van der Waals surface area (Å²) in [5.41, 5.74) is 0.216. The van der Waals surface area contributed by atoms with E-state index in [1.807, 2.05) is 11.8 Å². The fourth-order valence-corrected chi connectivity index (χ4v) is 2.43. The minimum Gasteiger partial charge on any atom is -0.354 e. The summed E-state index contributed by atoms with van der Waals surface area (Å²) >= 11 is 0. The molecule has 1 aromatic heterocycles. The molecule has 100 valence electrons. The van der Waals surface area contributed by atoms with E-state index >= 15 is 0 Å². The number of nitrogens with one attached hydrogen (secondary N) is 1. The number of hydrogen-bond donors (Lipinski definition) is 1. The van der Waals surface area contributed by atoms with E-state index in [9.17, 15) is 4.39 Å². The van der Waals surface area contributed by atoms with E-state index in [4.69, 9.17) is 0 Å². The third-order valence-corrected chi connectivity index (χ3v) is 3.26. The molecule has 2 heterocycles. The van der Waals surface area contributed by atoms with Gasteiger partial charge in [0.2, 0.25) is 5.95 Å². The summed E-state index contributed by atoms with van der Waals surface area (Å²) in [6, 6.07) is 0. The van der Waals surface area contributed by atoms with Crippen LogP contribution in [0.3, 0.4) is 0 Å². The molecule has 0 saturated carbocycles. The Morgan fingerprint density at radius 3 is 2.94 bits per heavy atom. The van der Waals surface area contributed by atoms with Gasteiger partial charge in [-0.25, -0.2) is 9.37 Å². The molecular formula is C13H21FN4. The minimum absolute atomic E-state index is 0.216. The lowest BCUT2D eigenvalue weighted by Gasteiger charge is -2.38. The lowest BCUT2D eigenvalue weighted by molar-refractivity contribution is 0.290. The number of halogens is 1. The van der Waals surface area contributed by atoms with Gasteiger partial charge in [0.05, 0.1) is 6.20 Å². The maximum atomic E-state index is 13.9. The molecular weight excluding hydrogens is 231 g/mol. The number of anilines is 2. The third kappa shape index (κ3) is 2.89. The number of nitrogens with zero attached hydrogens (tertiary/aromatic N) is 3. The predicted octanol–water partition coefficient (Wildman–Crippen LogP) is 2.67. The van der Waals surface area contributed by atoms with Crippen LogP contribution in [0.5, 0.6) is 0 Å². The minimum atomic E-state index is -0.339. The quantitative estimate of drug-likeness (QED) is 0.898. The first kappa shape index (κ1) is 13.1. The van der Waals surface area contributed by atoms with Crippen LogP contribution in [-0.2, 0) is 0 Å². The van der Waals surface area contributed by atoms with E-state index in [1.54, 1.807) is 0 Å². The third-order valence-electron chi connectivity index (χ3n) is 3.26. The monoisotopic (exact) mass is 252 g/mol. The standard InChI is InChI=1S/C13H21FN4/c1-4-15-12-16-8-10(14)11(17-12)18-7-5-6-13(2,3)9-18/h8H,4-7,9H2,1-3H3,(H,15,16,17). The lowest BCUT2D eigenvalue weighted by Crippen LogP contribution is -2.41. The van der Waals surface area contributed by atoms with Gasteiger partial charge in [-0.1, -0.05) is 13.8 Å². The van der Waals surface area contributed by atoms with Crippen LogP contribution in [0, 0.1) is 11.2 Å². The predicted molar refractivity (Wildman–Crippen MR) is 71.4 cm³/mol. The summed E-state index contributed by atoms with van der Waals surface area (Å²) in [6.45, 7) is 8.83. The van der Waals surface area contributed by atoms with Crippen LogP contribution < -0.4 is 10.2 Å². The van der Waals surface area contributed by atoms with Gasteiger partial charge in [-0.3, -0.25) is 0 Å². The molecule has 1 aliphatic heterocycles. The number of aromatic nitrogens is 2. The molecule has 0 bridgehead atoms. The van der Waals surface area contributed by atoms with Crippen LogP contribution in [0.4, 0.5) is 16.2 Å². The molecule has 1 aromatic rings. The van der Waals surface area contributed by atoms with Crippen molar-refractivity contribution in [3.05, 3.63) is 12.0 Å². The number of rotatable bonds is 3. The first-order valence-electron chi connectivity index (χ1n) is 6.53. The molecule has 18 heavy (non-hydrogen) atoms. The molecule has 0 unspecified atom stereocenters. The smallest absolute Gasteiger partial charge is 0.224 e. The van der Waals surface area contributed by atoms with Crippen molar-refractivity contribution < 1.29 is 4.39 Å². The largest absolute Gasteiger partial charge is 0.354 e. The van der Waals surface area contributed by atoms with Crippen molar-refractivity contribution >= 4 is 11.8 Å². The summed E-state index contributed by atoms with van der Waals surface area (Å²) in [7, 11) is 0. The molecule has 0 aliphatic carbocycles. The van der Waals surface area contributed by atoms with Gasteiger partial charge < -0.3 is 10.2 Å². The van der Waals surface area contributed by atoms with Crippen molar-refractivity contribution in [1.82, 2.24) is 9.97 Å². The number of hydrogen-bond acceptors (Lipinski definition) is 4. The van der Waals surface area contributed by atoms with Gasteiger partial charge in [0.25, 0.3) is 0 Å². The first-order chi connectivity index (χ1) is 8.52. The Bertz CT molecular complexity index is 419. The van der Waals surface area contributed by atoms with Crippen molar-refractivity contribution in [2.45, 2.75) is 33.6 Å². The summed E-state index contributed by atoms with van der Waals surface area (Å²) in [4.78, 5) is 10.2. The van der Waals surface area contributed by atoms with E-state index in [2.05, 4.69) is 29.1 Å². The average molecular weight is 252 g/mol. The van der Waals surface area contributed by atoms with E-state index in [0.29, 0.717) is 11.8 Å². The van der Waals surface area contributed by atoms with Crippen LogP contribution in [0.1, 0.15) is 33.6 Å². The summed E-state index contributed by atoms with van der Waals surface area (Å²) in [5.74, 6) is 0.584. The van der Waals surface area contributed by atoms with E-state index < -0.39 is 0 Å². The van der Waals surface area contributed by atoms with Gasteiger partial charge in [0.15, 0.2) is 11.6 Å². The second-order valence-electron chi connectivity index (χ2n) is 5.58. The zero-order valence-electron chi connectivity index (χ0n) is 11.3. The highest BCUT2D eigenvalue weighted by molar-refractivity contribution is 5.44. The Morgan fingerprint density at radius 2 is 2.28 bits per heavy atom. The highest BCUT2D eigenvalue weighted by atomic mass is 19.1. The highest BCUT2D eigenvalue weighted by Gasteiger charge is 2.28. The van der Waals surface area contributed by atoms with Gasteiger partial charge in [0.1, 0.15) is 0 Å². The van der Waals surface area contributed by atoms with Crippen LogP contribution in [0.25, 0.3) is 0 Å². The Kier molecular flexibility index (Phi) is 3.68. The van der Waals surface area contributed by atoms with Gasteiger partial charge >= 0.3 is 0 Å². The summed E-state index contributed by atoms with van der Waals surface area (Å²) in [6.07, 6.45) is 3.51. The van der Waals surface area contributed by atoms with Crippen molar-refractivity contribution in [2.75, 3.05) is 29.9 Å². The van der Waals surface area contributed by atoms with Gasteiger partial charge in [0, 0.05) is 19.6 Å². The first-order valence-corrected chi connectivity index (χ1v) is 6.53. The zero-order valence-corrected chi connectivity index (χ0v) is 11.3. The molecule has 2 rings (SSSR count). The molecule has 0 amide bonds. The molecule has 1 N–H and O–H groups in total. The Labute approximate surface area is 108 Å². The fraction of sp³-hybridized carbons (Fsp3) is 0.692. The Morgan fingerprint density at radius 1 is 1.50 bits per heavy atom. The van der Waals surface area contributed by atoms with Crippen LogP contribution in [0.2, 0.25) is 0 Å². The van der Waals surface area contributed by atoms with E-state index in [1.165, 1.54) is 12.6 Å². The molecule has 1 aliphatic rings. The van der Waals surface area contributed by atoms with Crippen LogP contribution >= 0.6 is 0 Å². The Balaban J connectivity index is 2.23. The van der Waals surface area contributed by atoms with Crippen molar-refractivity contribution in [3.8, 4) is 0 Å². The highest BCUT2D eigenvalue weighted by Crippen LogP contribution is 2.31. The van der Waals surface area contributed by atoms with E-state index in [-0.39, 0.29) is 11.2 Å². The van der Waals surface area contributed by atoms with Gasteiger partial charge in [-0.05, 0) is 25.2 Å². The second kappa shape index (κ2) is 5.08. The molecule has 5 heteroatoms. The van der Waals surface area contributed by atoms with Crippen LogP contribution in [-0.4, -0.2) is 29.6 Å². The van der Waals surface area contributed by atoms with Crippen molar-refractivity contribution in [3.63, 3.8) is 0 Å². The Hall–Kier alpha value is -1.39. The molecule has 0 aromatic carbocycles. The van der Waals surface area contributed by atoms with Gasteiger partial charge in [-0.2, -0.15) is 4.98 Å². The maximum Gasteiger partial charge on any atom is 0.224 e. The summed E-state index contributed by atoms with van der Waals surface area (Å²) < 4.78 is 13.9. The SMILES string of the molecule is CCNc1ncc(F)c(N2CCCC(C)(C)C2)n1. The number of piperidine rings is 1.